The van der Waals surface area contributed by atoms with E-state index in [9.17, 15) is 22.8 Å². The van der Waals surface area contributed by atoms with Crippen LogP contribution >= 0.6 is 0 Å². The maximum atomic E-state index is 12.2. The fraction of sp³-hybridized carbons (Fsp3) is 0.143. The van der Waals surface area contributed by atoms with Crippen LogP contribution in [-0.4, -0.2) is 10.9 Å². The molecule has 3 N–H and O–H groups in total. The van der Waals surface area contributed by atoms with E-state index in [1.54, 1.807) is 0 Å². The molecule has 7 heteroatoms. The molecule has 14 heavy (non-hydrogen) atoms. The molecule has 0 saturated heterocycles. The van der Waals surface area contributed by atoms with Crippen molar-refractivity contribution < 1.29 is 18.0 Å². The Kier molecular flexibility index (Phi) is 2.33. The normalized spacial score (nSPS) is 11.4. The van der Waals surface area contributed by atoms with Crippen molar-refractivity contribution in [1.29, 1.82) is 0 Å². The maximum Gasteiger partial charge on any atom is 0.422 e. The summed E-state index contributed by atoms with van der Waals surface area (Å²) >= 11 is 0. The van der Waals surface area contributed by atoms with Crippen LogP contribution < -0.4 is 11.3 Å². The Balaban J connectivity index is 3.54. The van der Waals surface area contributed by atoms with Crippen molar-refractivity contribution in [2.75, 3.05) is 0 Å². The van der Waals surface area contributed by atoms with E-state index in [0.717, 1.165) is 12.3 Å². The smallest absolute Gasteiger partial charge is 0.366 e. The van der Waals surface area contributed by atoms with Crippen LogP contribution in [0.4, 0.5) is 13.2 Å². The van der Waals surface area contributed by atoms with E-state index >= 15 is 0 Å². The van der Waals surface area contributed by atoms with Gasteiger partial charge in [0.05, 0.1) is 5.56 Å². The predicted octanol–water partition coefficient (Wildman–Crippen LogP) is 0.493. The number of aromatic amines is 1. The Morgan fingerprint density at radius 3 is 2.36 bits per heavy atom. The van der Waals surface area contributed by atoms with Crippen molar-refractivity contribution in [3.05, 3.63) is 33.7 Å². The van der Waals surface area contributed by atoms with Gasteiger partial charge < -0.3 is 10.7 Å². The van der Waals surface area contributed by atoms with Gasteiger partial charge >= 0.3 is 6.18 Å². The first-order valence-corrected chi connectivity index (χ1v) is 3.42. The van der Waals surface area contributed by atoms with E-state index in [0.29, 0.717) is 0 Å². The summed E-state index contributed by atoms with van der Waals surface area (Å²) in [7, 11) is 0. The zero-order valence-electron chi connectivity index (χ0n) is 6.68. The SMILES string of the molecule is NC(=O)c1cc[nH]c(=O)c1C(F)(F)F. The molecule has 0 aliphatic heterocycles. The molecule has 0 unspecified atom stereocenters. The number of H-pyrrole nitrogens is 1. The number of hydrogen-bond acceptors (Lipinski definition) is 2. The van der Waals surface area contributed by atoms with Gasteiger partial charge in [0, 0.05) is 6.20 Å². The summed E-state index contributed by atoms with van der Waals surface area (Å²) in [5.41, 5.74) is 0.913. The summed E-state index contributed by atoms with van der Waals surface area (Å²) < 4.78 is 36.7. The average molecular weight is 206 g/mol. The molecule has 0 aliphatic carbocycles. The van der Waals surface area contributed by atoms with Crippen LogP contribution in [-0.2, 0) is 6.18 Å². The molecule has 4 nitrogen and oxygen atoms in total. The van der Waals surface area contributed by atoms with Crippen LogP contribution in [0.3, 0.4) is 0 Å². The van der Waals surface area contributed by atoms with Gasteiger partial charge in [0.2, 0.25) is 5.91 Å². The quantitative estimate of drug-likeness (QED) is 0.701. The molecule has 0 radical (unpaired) electrons. The Bertz CT molecular complexity index is 422. The lowest BCUT2D eigenvalue weighted by atomic mass is 10.1. The van der Waals surface area contributed by atoms with Crippen molar-refractivity contribution in [3.8, 4) is 0 Å². The fourth-order valence-corrected chi connectivity index (χ4v) is 0.965. The zero-order chi connectivity index (χ0) is 10.9. The van der Waals surface area contributed by atoms with Gasteiger partial charge in [0.25, 0.3) is 5.56 Å². The number of halogens is 3. The van der Waals surface area contributed by atoms with Crippen LogP contribution in [0.25, 0.3) is 0 Å². The molecule has 0 fully saturated rings. The number of rotatable bonds is 1. The number of carbonyl (C=O) groups is 1. The molecular weight excluding hydrogens is 201 g/mol. The molecule has 76 valence electrons. The summed E-state index contributed by atoms with van der Waals surface area (Å²) in [5, 5.41) is 0. The molecule has 1 heterocycles. The standard InChI is InChI=1S/C7H5F3N2O2/c8-7(9,10)4-3(5(11)13)1-2-12-6(4)14/h1-2H,(H2,11,13)(H,12,14). The second-order valence-electron chi connectivity index (χ2n) is 2.46. The number of pyridine rings is 1. The number of nitrogens with one attached hydrogen (secondary N) is 1. The third-order valence-corrected chi connectivity index (χ3v) is 1.51. The summed E-state index contributed by atoms with van der Waals surface area (Å²) in [5.74, 6) is -1.29. The highest BCUT2D eigenvalue weighted by Gasteiger charge is 2.37. The number of alkyl halides is 3. The van der Waals surface area contributed by atoms with Gasteiger partial charge in [0.1, 0.15) is 5.56 Å². The summed E-state index contributed by atoms with van der Waals surface area (Å²) in [6.45, 7) is 0. The number of primary amides is 1. The first-order chi connectivity index (χ1) is 6.34. The van der Waals surface area contributed by atoms with Gasteiger partial charge in [-0.1, -0.05) is 0 Å². The Morgan fingerprint density at radius 1 is 1.43 bits per heavy atom. The van der Waals surface area contributed by atoms with E-state index in [1.165, 1.54) is 0 Å². The molecule has 0 aromatic carbocycles. The molecular formula is C7H5F3N2O2. The molecule has 1 amide bonds. The maximum absolute atomic E-state index is 12.2. The van der Waals surface area contributed by atoms with E-state index in [4.69, 9.17) is 0 Å². The number of aromatic nitrogens is 1. The van der Waals surface area contributed by atoms with Crippen molar-refractivity contribution >= 4 is 5.91 Å². The van der Waals surface area contributed by atoms with Crippen LogP contribution in [0.5, 0.6) is 0 Å². The van der Waals surface area contributed by atoms with Crippen molar-refractivity contribution in [2.45, 2.75) is 6.18 Å². The third kappa shape index (κ3) is 1.76. The van der Waals surface area contributed by atoms with Gasteiger partial charge in [-0.2, -0.15) is 13.2 Å². The lowest BCUT2D eigenvalue weighted by Crippen LogP contribution is -2.28. The summed E-state index contributed by atoms with van der Waals surface area (Å²) in [4.78, 5) is 23.2. The summed E-state index contributed by atoms with van der Waals surface area (Å²) in [6.07, 6.45) is -3.96. The van der Waals surface area contributed by atoms with Crippen molar-refractivity contribution in [2.24, 2.45) is 5.73 Å². The highest BCUT2D eigenvalue weighted by atomic mass is 19.4. The second kappa shape index (κ2) is 3.17. The van der Waals surface area contributed by atoms with Crippen molar-refractivity contribution in [3.63, 3.8) is 0 Å². The number of amides is 1. The van der Waals surface area contributed by atoms with Crippen LogP contribution in [0.2, 0.25) is 0 Å². The van der Waals surface area contributed by atoms with E-state index in [-0.39, 0.29) is 0 Å². The fourth-order valence-electron chi connectivity index (χ4n) is 0.965. The number of nitrogens with two attached hydrogens (primary N) is 1. The monoisotopic (exact) mass is 206 g/mol. The lowest BCUT2D eigenvalue weighted by molar-refractivity contribution is -0.139. The number of hydrogen-bond donors (Lipinski definition) is 2. The average Bonchev–Trinajstić information content (AvgIpc) is 2.01. The van der Waals surface area contributed by atoms with Gasteiger partial charge in [-0.15, -0.1) is 0 Å². The Labute approximate surface area is 75.5 Å². The minimum Gasteiger partial charge on any atom is -0.366 e. The topological polar surface area (TPSA) is 76.0 Å². The lowest BCUT2D eigenvalue weighted by Gasteiger charge is -2.08. The van der Waals surface area contributed by atoms with Crippen LogP contribution in [0, 0.1) is 0 Å². The zero-order valence-corrected chi connectivity index (χ0v) is 6.68. The molecule has 0 atom stereocenters. The van der Waals surface area contributed by atoms with E-state index in [1.807, 2.05) is 4.98 Å². The molecule has 0 aliphatic rings. The third-order valence-electron chi connectivity index (χ3n) is 1.51. The molecule has 1 rings (SSSR count). The Hall–Kier alpha value is -1.79. The molecule has 0 bridgehead atoms. The first kappa shape index (κ1) is 10.3. The van der Waals surface area contributed by atoms with E-state index < -0.39 is 28.8 Å². The minimum atomic E-state index is -4.89. The molecule has 0 saturated carbocycles. The summed E-state index contributed by atoms with van der Waals surface area (Å²) in [6, 6.07) is 0.812. The highest BCUT2D eigenvalue weighted by Crippen LogP contribution is 2.28. The first-order valence-electron chi connectivity index (χ1n) is 3.42. The van der Waals surface area contributed by atoms with Gasteiger partial charge in [-0.25, -0.2) is 0 Å². The minimum absolute atomic E-state index is 0.812. The Morgan fingerprint density at radius 2 is 2.00 bits per heavy atom. The largest absolute Gasteiger partial charge is 0.422 e. The highest BCUT2D eigenvalue weighted by molar-refractivity contribution is 5.94. The van der Waals surface area contributed by atoms with E-state index in [2.05, 4.69) is 5.73 Å². The van der Waals surface area contributed by atoms with Crippen LogP contribution in [0.15, 0.2) is 17.1 Å². The molecule has 1 aromatic heterocycles. The van der Waals surface area contributed by atoms with Gasteiger partial charge in [-0.3, -0.25) is 9.59 Å². The van der Waals surface area contributed by atoms with Crippen LogP contribution in [0.1, 0.15) is 15.9 Å². The molecule has 1 aromatic rings. The number of carbonyl (C=O) groups excluding carboxylic acids is 1. The van der Waals surface area contributed by atoms with Crippen molar-refractivity contribution in [1.82, 2.24) is 4.98 Å². The predicted molar refractivity (Wildman–Crippen MR) is 40.6 cm³/mol. The second-order valence-corrected chi connectivity index (χ2v) is 2.46. The molecule has 0 spiro atoms. The van der Waals surface area contributed by atoms with Gasteiger partial charge in [-0.05, 0) is 6.07 Å². The van der Waals surface area contributed by atoms with Gasteiger partial charge in [0.15, 0.2) is 0 Å².